The maximum absolute atomic E-state index is 14.8. The van der Waals surface area contributed by atoms with Gasteiger partial charge in [-0.3, -0.25) is 5.10 Å². The summed E-state index contributed by atoms with van der Waals surface area (Å²) in [4.78, 5) is 10.8. The summed E-state index contributed by atoms with van der Waals surface area (Å²) in [5.41, 5.74) is 3.48. The van der Waals surface area contributed by atoms with E-state index in [1.54, 1.807) is 6.20 Å². The van der Waals surface area contributed by atoms with Crippen LogP contribution in [-0.4, -0.2) is 21.3 Å². The summed E-state index contributed by atoms with van der Waals surface area (Å²) in [6.07, 6.45) is 4.82. The van der Waals surface area contributed by atoms with Gasteiger partial charge in [0.05, 0.1) is 11.7 Å². The van der Waals surface area contributed by atoms with Crippen LogP contribution < -0.4 is 0 Å². The Morgan fingerprint density at radius 1 is 1.06 bits per heavy atom. The number of nitrogens with one attached hydrogen (secondary N) is 1. The summed E-state index contributed by atoms with van der Waals surface area (Å²) >= 11 is 0. The first-order chi connectivity index (χ1) is 15.5. The molecular weight excluding hydrogens is 410 g/mol. The molecule has 4 aromatic rings. The molecule has 4 rings (SSSR count). The second kappa shape index (κ2) is 9.14. The van der Waals surface area contributed by atoms with Crippen LogP contribution in [0.15, 0.2) is 72.9 Å². The molecule has 0 radical (unpaired) electrons. The summed E-state index contributed by atoms with van der Waals surface area (Å²) < 4.78 is 29.6. The van der Waals surface area contributed by atoms with E-state index in [4.69, 9.17) is 5.11 Å². The second-order valence-electron chi connectivity index (χ2n) is 7.68. The zero-order valence-corrected chi connectivity index (χ0v) is 17.4. The third kappa shape index (κ3) is 4.30. The van der Waals surface area contributed by atoms with E-state index in [9.17, 15) is 13.6 Å². The van der Waals surface area contributed by atoms with Gasteiger partial charge in [-0.05, 0) is 53.5 Å². The maximum atomic E-state index is 14.8. The predicted octanol–water partition coefficient (Wildman–Crippen LogP) is 6.26. The largest absolute Gasteiger partial charge is 0.478 e. The van der Waals surface area contributed by atoms with Crippen molar-refractivity contribution < 1.29 is 18.7 Å². The van der Waals surface area contributed by atoms with Crippen molar-refractivity contribution in [2.45, 2.75) is 25.2 Å². The molecule has 3 aromatic carbocycles. The predicted molar refractivity (Wildman–Crippen MR) is 120 cm³/mol. The Hall–Kier alpha value is -3.80. The van der Waals surface area contributed by atoms with E-state index < -0.39 is 23.5 Å². The smallest absolute Gasteiger partial charge is 0.328 e. The number of halogens is 2. The molecule has 2 unspecified atom stereocenters. The Kier molecular flexibility index (Phi) is 6.12. The van der Waals surface area contributed by atoms with Crippen LogP contribution in [-0.2, 0) is 4.79 Å². The van der Waals surface area contributed by atoms with Crippen LogP contribution in [0.1, 0.15) is 47.4 Å². The van der Waals surface area contributed by atoms with Crippen LogP contribution in [0.2, 0.25) is 0 Å². The summed E-state index contributed by atoms with van der Waals surface area (Å²) in [5, 5.41) is 16.8. The molecule has 1 aromatic heterocycles. The average Bonchev–Trinajstić information content (AvgIpc) is 3.25. The molecule has 0 saturated carbocycles. The number of carbonyl (C=O) groups is 1. The van der Waals surface area contributed by atoms with Gasteiger partial charge in [-0.1, -0.05) is 43.3 Å². The first kappa shape index (κ1) is 21.4. The molecule has 2 atom stereocenters. The highest BCUT2D eigenvalue weighted by atomic mass is 19.1. The van der Waals surface area contributed by atoms with E-state index in [2.05, 4.69) is 10.2 Å². The van der Waals surface area contributed by atoms with Crippen LogP contribution in [0, 0.1) is 11.6 Å². The average molecular weight is 432 g/mol. The van der Waals surface area contributed by atoms with Crippen molar-refractivity contribution in [3.8, 4) is 0 Å². The first-order valence-electron chi connectivity index (χ1n) is 10.4. The van der Waals surface area contributed by atoms with Gasteiger partial charge in [-0.15, -0.1) is 0 Å². The summed E-state index contributed by atoms with van der Waals surface area (Å²) in [5.74, 6) is -2.91. The van der Waals surface area contributed by atoms with E-state index >= 15 is 0 Å². The minimum Gasteiger partial charge on any atom is -0.478 e. The molecular formula is C26H22F2N2O2. The molecule has 1 heterocycles. The van der Waals surface area contributed by atoms with Crippen molar-refractivity contribution in [3.63, 3.8) is 0 Å². The van der Waals surface area contributed by atoms with Gasteiger partial charge in [0.15, 0.2) is 0 Å². The number of carboxylic acids is 1. The zero-order valence-electron chi connectivity index (χ0n) is 17.4. The minimum absolute atomic E-state index is 0.0714. The summed E-state index contributed by atoms with van der Waals surface area (Å²) in [6.45, 7) is 1.92. The molecule has 0 aliphatic heterocycles. The highest BCUT2D eigenvalue weighted by molar-refractivity contribution is 5.85. The van der Waals surface area contributed by atoms with Crippen molar-refractivity contribution in [1.29, 1.82) is 0 Å². The van der Waals surface area contributed by atoms with Gasteiger partial charge in [-0.25, -0.2) is 13.6 Å². The number of rotatable bonds is 7. The standard InChI is InChI=1S/C26H22F2N2O2/c1-2-20(26-21(27)4-3-5-22(26)28)25(18-11-12-23-19(14-18)15-29-30-23)17-9-6-16(7-10-17)8-13-24(31)32/h3-15,20,25H,2H2,1H3,(H,29,30)(H,31,32)/b13-8+. The van der Waals surface area contributed by atoms with E-state index in [1.807, 2.05) is 49.4 Å². The Bertz CT molecular complexity index is 1260. The third-order valence-corrected chi connectivity index (χ3v) is 5.75. The Labute approximate surface area is 184 Å². The summed E-state index contributed by atoms with van der Waals surface area (Å²) in [6, 6.07) is 17.2. The highest BCUT2D eigenvalue weighted by Gasteiger charge is 2.30. The molecule has 0 bridgehead atoms. The topological polar surface area (TPSA) is 66.0 Å². The molecule has 0 fully saturated rings. The number of hydrogen-bond donors (Lipinski definition) is 2. The molecule has 0 aliphatic carbocycles. The normalized spacial score (nSPS) is 13.5. The first-order valence-corrected chi connectivity index (χ1v) is 10.4. The Morgan fingerprint density at radius 3 is 2.41 bits per heavy atom. The number of aromatic nitrogens is 2. The van der Waals surface area contributed by atoms with E-state index in [0.29, 0.717) is 6.42 Å². The molecule has 162 valence electrons. The van der Waals surface area contributed by atoms with Gasteiger partial charge in [0.1, 0.15) is 11.6 Å². The van der Waals surface area contributed by atoms with Gasteiger partial charge in [0, 0.05) is 28.9 Å². The van der Waals surface area contributed by atoms with Crippen molar-refractivity contribution >= 4 is 22.9 Å². The quantitative estimate of drug-likeness (QED) is 0.339. The number of aliphatic carboxylic acids is 1. The van der Waals surface area contributed by atoms with E-state index in [-0.39, 0.29) is 11.5 Å². The van der Waals surface area contributed by atoms with Gasteiger partial charge in [0.25, 0.3) is 0 Å². The van der Waals surface area contributed by atoms with Crippen LogP contribution in [0.3, 0.4) is 0 Å². The SMILES string of the molecule is CCC(c1c(F)cccc1F)C(c1ccc(/C=C/C(=O)O)cc1)c1ccc2[nH]ncc2c1. The fraction of sp³-hybridized carbons (Fsp3) is 0.154. The van der Waals surface area contributed by atoms with Crippen LogP contribution in [0.5, 0.6) is 0 Å². The lowest BCUT2D eigenvalue weighted by Gasteiger charge is -2.28. The highest BCUT2D eigenvalue weighted by Crippen LogP contribution is 2.43. The van der Waals surface area contributed by atoms with Gasteiger partial charge in [-0.2, -0.15) is 5.10 Å². The van der Waals surface area contributed by atoms with Crippen LogP contribution in [0.25, 0.3) is 17.0 Å². The van der Waals surface area contributed by atoms with E-state index in [0.717, 1.165) is 33.7 Å². The number of H-pyrrole nitrogens is 1. The minimum atomic E-state index is -1.03. The molecule has 6 heteroatoms. The monoisotopic (exact) mass is 432 g/mol. The van der Waals surface area contributed by atoms with Crippen molar-refractivity contribution in [2.24, 2.45) is 0 Å². The number of carboxylic acid groups (broad SMARTS) is 1. The van der Waals surface area contributed by atoms with Gasteiger partial charge >= 0.3 is 5.97 Å². The molecule has 32 heavy (non-hydrogen) atoms. The fourth-order valence-corrected chi connectivity index (χ4v) is 4.27. The third-order valence-electron chi connectivity index (χ3n) is 5.75. The fourth-order valence-electron chi connectivity index (χ4n) is 4.27. The van der Waals surface area contributed by atoms with E-state index in [1.165, 1.54) is 24.3 Å². The Morgan fingerprint density at radius 2 is 1.75 bits per heavy atom. The lowest BCUT2D eigenvalue weighted by atomic mass is 9.75. The zero-order chi connectivity index (χ0) is 22.7. The van der Waals surface area contributed by atoms with Crippen LogP contribution >= 0.6 is 0 Å². The molecule has 0 saturated heterocycles. The number of nitrogens with zero attached hydrogens (tertiary/aromatic N) is 1. The molecule has 0 spiro atoms. The molecule has 2 N–H and O–H groups in total. The van der Waals surface area contributed by atoms with Gasteiger partial charge in [0.2, 0.25) is 0 Å². The van der Waals surface area contributed by atoms with Crippen molar-refractivity contribution in [3.05, 3.63) is 107 Å². The lowest BCUT2D eigenvalue weighted by Crippen LogP contribution is -2.15. The maximum Gasteiger partial charge on any atom is 0.328 e. The van der Waals surface area contributed by atoms with Crippen LogP contribution in [0.4, 0.5) is 8.78 Å². The Balaban J connectivity index is 1.85. The van der Waals surface area contributed by atoms with Gasteiger partial charge < -0.3 is 5.11 Å². The molecule has 0 aliphatic rings. The lowest BCUT2D eigenvalue weighted by molar-refractivity contribution is -0.131. The van der Waals surface area contributed by atoms with Crippen molar-refractivity contribution in [2.75, 3.05) is 0 Å². The van der Waals surface area contributed by atoms with Crippen molar-refractivity contribution in [1.82, 2.24) is 10.2 Å². The number of aromatic amines is 1. The number of fused-ring (bicyclic) bond motifs is 1. The molecule has 4 nitrogen and oxygen atoms in total. The number of hydrogen-bond acceptors (Lipinski definition) is 2. The summed E-state index contributed by atoms with van der Waals surface area (Å²) in [7, 11) is 0. The number of benzene rings is 3. The molecule has 0 amide bonds. The second-order valence-corrected chi connectivity index (χ2v) is 7.68.